The van der Waals surface area contributed by atoms with Crippen LogP contribution >= 0.6 is 12.2 Å². The molecule has 0 atom stereocenters. The summed E-state index contributed by atoms with van der Waals surface area (Å²) in [6, 6.07) is 0. The van der Waals surface area contributed by atoms with Crippen molar-refractivity contribution in [2.24, 2.45) is 7.05 Å². The number of aromatic amines is 1. The van der Waals surface area contributed by atoms with Crippen molar-refractivity contribution in [2.45, 2.75) is 13.5 Å². The Labute approximate surface area is 97.3 Å². The zero-order valence-corrected chi connectivity index (χ0v) is 10.2. The normalized spacial score (nSPS) is 10.9. The van der Waals surface area contributed by atoms with Gasteiger partial charge in [-0.1, -0.05) is 0 Å². The molecule has 0 saturated heterocycles. The fourth-order valence-corrected chi connectivity index (χ4v) is 2.00. The van der Waals surface area contributed by atoms with Crippen LogP contribution in [-0.2, 0) is 18.4 Å². The molecular formula is C9H13N5OS. The first-order chi connectivity index (χ1) is 7.54. The Kier molecular flexibility index (Phi) is 2.55. The Hall–Kier alpha value is -1.63. The van der Waals surface area contributed by atoms with Gasteiger partial charge in [0.2, 0.25) is 5.91 Å². The van der Waals surface area contributed by atoms with Gasteiger partial charge in [0.1, 0.15) is 12.1 Å². The van der Waals surface area contributed by atoms with Crippen molar-refractivity contribution in [3.05, 3.63) is 10.5 Å². The number of hydrogen-bond acceptors (Lipinski definition) is 3. The SMILES string of the molecule is CNC(=O)Cn1c(=S)[nH]c2c(C)nn(C)c21. The highest BCUT2D eigenvalue weighted by molar-refractivity contribution is 7.71. The highest BCUT2D eigenvalue weighted by atomic mass is 32.1. The number of likely N-dealkylation sites (N-methyl/N-ethyl adjacent to an activating group) is 1. The van der Waals surface area contributed by atoms with Crippen molar-refractivity contribution in [3.63, 3.8) is 0 Å². The fraction of sp³-hybridized carbons (Fsp3) is 0.444. The zero-order valence-electron chi connectivity index (χ0n) is 9.37. The van der Waals surface area contributed by atoms with Crippen LogP contribution in [0.2, 0.25) is 0 Å². The molecule has 0 aliphatic carbocycles. The molecule has 7 heteroatoms. The van der Waals surface area contributed by atoms with Crippen LogP contribution in [0.1, 0.15) is 5.69 Å². The molecule has 0 fully saturated rings. The van der Waals surface area contributed by atoms with Crippen LogP contribution in [0.15, 0.2) is 0 Å². The molecule has 16 heavy (non-hydrogen) atoms. The number of hydrogen-bond donors (Lipinski definition) is 2. The Morgan fingerprint density at radius 1 is 1.62 bits per heavy atom. The van der Waals surface area contributed by atoms with Crippen molar-refractivity contribution in [3.8, 4) is 0 Å². The van der Waals surface area contributed by atoms with Gasteiger partial charge in [-0.25, -0.2) is 0 Å². The van der Waals surface area contributed by atoms with Crippen molar-refractivity contribution < 1.29 is 4.79 Å². The van der Waals surface area contributed by atoms with E-state index in [-0.39, 0.29) is 12.5 Å². The average Bonchev–Trinajstić information content (AvgIpc) is 2.68. The largest absolute Gasteiger partial charge is 0.358 e. The second-order valence-corrected chi connectivity index (χ2v) is 3.98. The summed E-state index contributed by atoms with van der Waals surface area (Å²) >= 11 is 5.18. The number of fused-ring (bicyclic) bond motifs is 1. The molecular weight excluding hydrogens is 226 g/mol. The van der Waals surface area contributed by atoms with E-state index in [0.717, 1.165) is 16.9 Å². The summed E-state index contributed by atoms with van der Waals surface area (Å²) in [5, 5.41) is 6.84. The molecule has 2 N–H and O–H groups in total. The van der Waals surface area contributed by atoms with Gasteiger partial charge in [-0.05, 0) is 19.1 Å². The molecule has 6 nitrogen and oxygen atoms in total. The molecule has 2 aromatic heterocycles. The fourth-order valence-electron chi connectivity index (χ4n) is 1.74. The Morgan fingerprint density at radius 3 is 2.94 bits per heavy atom. The summed E-state index contributed by atoms with van der Waals surface area (Å²) in [5.74, 6) is -0.0872. The average molecular weight is 239 g/mol. The molecule has 2 aromatic rings. The van der Waals surface area contributed by atoms with Crippen LogP contribution in [0.5, 0.6) is 0 Å². The summed E-state index contributed by atoms with van der Waals surface area (Å²) in [7, 11) is 3.43. The number of aromatic nitrogens is 4. The second-order valence-electron chi connectivity index (χ2n) is 3.60. The van der Waals surface area contributed by atoms with Gasteiger partial charge in [-0.3, -0.25) is 14.0 Å². The van der Waals surface area contributed by atoms with E-state index in [1.165, 1.54) is 0 Å². The minimum atomic E-state index is -0.0872. The van der Waals surface area contributed by atoms with E-state index in [1.807, 2.05) is 14.0 Å². The number of nitrogens with zero attached hydrogens (tertiary/aromatic N) is 3. The number of imidazole rings is 1. The number of rotatable bonds is 2. The van der Waals surface area contributed by atoms with Gasteiger partial charge in [-0.2, -0.15) is 5.10 Å². The first kappa shape index (κ1) is 10.9. The minimum Gasteiger partial charge on any atom is -0.358 e. The molecule has 0 aliphatic heterocycles. The van der Waals surface area contributed by atoms with Gasteiger partial charge in [0, 0.05) is 14.1 Å². The van der Waals surface area contributed by atoms with Crippen molar-refractivity contribution >= 4 is 29.3 Å². The lowest BCUT2D eigenvalue weighted by molar-refractivity contribution is -0.121. The molecule has 2 rings (SSSR count). The van der Waals surface area contributed by atoms with Crippen LogP contribution in [0.25, 0.3) is 11.2 Å². The molecule has 0 unspecified atom stereocenters. The van der Waals surface area contributed by atoms with Crippen molar-refractivity contribution in [2.75, 3.05) is 7.05 Å². The topological polar surface area (TPSA) is 67.6 Å². The summed E-state index contributed by atoms with van der Waals surface area (Å²) in [6.07, 6.45) is 0. The lowest BCUT2D eigenvalue weighted by Crippen LogP contribution is -2.24. The number of H-pyrrole nitrogens is 1. The molecule has 86 valence electrons. The highest BCUT2D eigenvalue weighted by Gasteiger charge is 2.14. The maximum atomic E-state index is 11.4. The third kappa shape index (κ3) is 1.53. The summed E-state index contributed by atoms with van der Waals surface area (Å²) in [6.45, 7) is 2.10. The summed E-state index contributed by atoms with van der Waals surface area (Å²) < 4.78 is 4.00. The van der Waals surface area contributed by atoms with Gasteiger partial charge in [-0.15, -0.1) is 0 Å². The van der Waals surface area contributed by atoms with E-state index in [9.17, 15) is 4.79 Å². The number of carbonyl (C=O) groups excluding carboxylic acids is 1. The van der Waals surface area contributed by atoms with Crippen LogP contribution < -0.4 is 5.32 Å². The zero-order chi connectivity index (χ0) is 11.9. The Bertz CT molecular complexity index is 605. The molecule has 0 bridgehead atoms. The number of carbonyl (C=O) groups is 1. The minimum absolute atomic E-state index is 0.0872. The van der Waals surface area contributed by atoms with Crippen molar-refractivity contribution in [1.82, 2.24) is 24.6 Å². The summed E-state index contributed by atoms with van der Waals surface area (Å²) in [4.78, 5) is 14.4. The first-order valence-electron chi connectivity index (χ1n) is 4.87. The predicted octanol–water partition coefficient (Wildman–Crippen LogP) is 0.487. The van der Waals surface area contributed by atoms with Gasteiger partial charge < -0.3 is 10.3 Å². The van der Waals surface area contributed by atoms with Crippen molar-refractivity contribution in [1.29, 1.82) is 0 Å². The molecule has 0 saturated carbocycles. The maximum Gasteiger partial charge on any atom is 0.239 e. The van der Waals surface area contributed by atoms with E-state index >= 15 is 0 Å². The molecule has 2 heterocycles. The second kappa shape index (κ2) is 3.75. The van der Waals surface area contributed by atoms with Gasteiger partial charge in [0.25, 0.3) is 0 Å². The van der Waals surface area contributed by atoms with Crippen LogP contribution in [0.4, 0.5) is 0 Å². The number of aryl methyl sites for hydroxylation is 2. The maximum absolute atomic E-state index is 11.4. The van der Waals surface area contributed by atoms with Crippen LogP contribution in [0.3, 0.4) is 0 Å². The van der Waals surface area contributed by atoms with E-state index in [2.05, 4.69) is 15.4 Å². The third-order valence-corrected chi connectivity index (χ3v) is 2.83. The third-order valence-electron chi connectivity index (χ3n) is 2.51. The van der Waals surface area contributed by atoms with E-state index in [0.29, 0.717) is 4.77 Å². The number of nitrogens with one attached hydrogen (secondary N) is 2. The molecule has 0 aromatic carbocycles. The molecule has 0 radical (unpaired) electrons. The monoisotopic (exact) mass is 239 g/mol. The standard InChI is InChI=1S/C9H13N5OS/c1-5-7-8(13(3)12-5)14(9(16)11-7)4-6(15)10-2/h4H2,1-3H3,(H,10,15)(H,11,16). The van der Waals surface area contributed by atoms with E-state index < -0.39 is 0 Å². The van der Waals surface area contributed by atoms with Gasteiger partial charge >= 0.3 is 0 Å². The molecule has 0 spiro atoms. The molecule has 1 amide bonds. The molecule has 0 aliphatic rings. The van der Waals surface area contributed by atoms with E-state index in [4.69, 9.17) is 12.2 Å². The Balaban J connectivity index is 2.63. The quantitative estimate of drug-likeness (QED) is 0.749. The Morgan fingerprint density at radius 2 is 2.31 bits per heavy atom. The lowest BCUT2D eigenvalue weighted by Gasteiger charge is -2.03. The number of amides is 1. The smallest absolute Gasteiger partial charge is 0.239 e. The van der Waals surface area contributed by atoms with Crippen LogP contribution in [0, 0.1) is 11.7 Å². The van der Waals surface area contributed by atoms with Gasteiger partial charge in [0.05, 0.1) is 5.69 Å². The van der Waals surface area contributed by atoms with E-state index in [1.54, 1.807) is 16.3 Å². The lowest BCUT2D eigenvalue weighted by atomic mass is 10.4. The highest BCUT2D eigenvalue weighted by Crippen LogP contribution is 2.16. The summed E-state index contributed by atoms with van der Waals surface area (Å²) in [5.41, 5.74) is 2.60. The van der Waals surface area contributed by atoms with Crippen LogP contribution in [-0.4, -0.2) is 32.3 Å². The first-order valence-corrected chi connectivity index (χ1v) is 5.28. The predicted molar refractivity (Wildman–Crippen MR) is 62.7 cm³/mol. The van der Waals surface area contributed by atoms with Gasteiger partial charge in [0.15, 0.2) is 10.4 Å².